The predicted molar refractivity (Wildman–Crippen MR) is 78.9 cm³/mol. The quantitative estimate of drug-likeness (QED) is 0.806. The third-order valence-electron chi connectivity index (χ3n) is 2.78. The molecule has 0 spiro atoms. The molecule has 1 amide bonds. The molecule has 0 fully saturated rings. The van der Waals surface area contributed by atoms with E-state index in [-0.39, 0.29) is 11.6 Å². The summed E-state index contributed by atoms with van der Waals surface area (Å²) in [4.78, 5) is 26.2. The number of fused-ring (bicyclic) bond motifs is 1. The molecule has 19 heavy (non-hydrogen) atoms. The van der Waals surface area contributed by atoms with E-state index < -0.39 is 0 Å². The van der Waals surface area contributed by atoms with Gasteiger partial charge in [-0.2, -0.15) is 3.96 Å². The molecule has 2 aromatic rings. The van der Waals surface area contributed by atoms with Crippen molar-refractivity contribution in [2.75, 3.05) is 13.1 Å². The van der Waals surface area contributed by atoms with Crippen molar-refractivity contribution in [3.63, 3.8) is 0 Å². The third kappa shape index (κ3) is 2.61. The fourth-order valence-corrected chi connectivity index (χ4v) is 2.88. The van der Waals surface area contributed by atoms with Gasteiger partial charge in [-0.1, -0.05) is 25.1 Å². The van der Waals surface area contributed by atoms with Gasteiger partial charge in [-0.3, -0.25) is 4.79 Å². The predicted octanol–water partition coefficient (Wildman–Crippen LogP) is 2.93. The number of benzene rings is 1. The molecule has 0 saturated heterocycles. The molecule has 0 bridgehead atoms. The van der Waals surface area contributed by atoms with Crippen molar-refractivity contribution in [1.29, 1.82) is 0 Å². The van der Waals surface area contributed by atoms with E-state index in [2.05, 4.69) is 6.58 Å². The van der Waals surface area contributed by atoms with Gasteiger partial charge in [0.25, 0.3) is 5.56 Å². The van der Waals surface area contributed by atoms with Crippen LogP contribution in [-0.4, -0.2) is 28.0 Å². The van der Waals surface area contributed by atoms with Crippen molar-refractivity contribution in [2.24, 2.45) is 0 Å². The van der Waals surface area contributed by atoms with E-state index in [0.29, 0.717) is 18.5 Å². The molecule has 100 valence electrons. The lowest BCUT2D eigenvalue weighted by molar-refractivity contribution is 0.207. The fourth-order valence-electron chi connectivity index (χ4n) is 1.92. The SMILES string of the molecule is C=CCN(CCC)C(=O)n1sc2ccccc2c1=O. The van der Waals surface area contributed by atoms with Gasteiger partial charge in [0.2, 0.25) is 0 Å². The van der Waals surface area contributed by atoms with Crippen molar-refractivity contribution in [2.45, 2.75) is 13.3 Å². The van der Waals surface area contributed by atoms with Gasteiger partial charge in [0.15, 0.2) is 0 Å². The minimum atomic E-state index is -0.270. The van der Waals surface area contributed by atoms with Gasteiger partial charge in [-0.25, -0.2) is 4.79 Å². The molecular formula is C14H16N2O2S. The molecule has 0 atom stereocenters. The first-order valence-electron chi connectivity index (χ1n) is 6.20. The molecule has 0 N–H and O–H groups in total. The number of rotatable bonds is 4. The van der Waals surface area contributed by atoms with Crippen LogP contribution < -0.4 is 5.56 Å². The van der Waals surface area contributed by atoms with Crippen molar-refractivity contribution >= 4 is 27.6 Å². The van der Waals surface area contributed by atoms with Gasteiger partial charge in [0, 0.05) is 13.1 Å². The molecule has 2 rings (SSSR count). The molecule has 0 unspecified atom stereocenters. The average molecular weight is 276 g/mol. The van der Waals surface area contributed by atoms with E-state index in [1.54, 1.807) is 23.1 Å². The Labute approximate surface area is 115 Å². The summed E-state index contributed by atoms with van der Waals surface area (Å²) in [5, 5.41) is 0.593. The van der Waals surface area contributed by atoms with E-state index >= 15 is 0 Å². The lowest BCUT2D eigenvalue weighted by Crippen LogP contribution is -2.38. The van der Waals surface area contributed by atoms with E-state index in [0.717, 1.165) is 11.1 Å². The van der Waals surface area contributed by atoms with Crippen LogP contribution in [0.15, 0.2) is 41.7 Å². The lowest BCUT2D eigenvalue weighted by atomic mass is 10.3. The summed E-state index contributed by atoms with van der Waals surface area (Å²) in [7, 11) is 0. The topological polar surface area (TPSA) is 42.3 Å². The summed E-state index contributed by atoms with van der Waals surface area (Å²) < 4.78 is 2.06. The Morgan fingerprint density at radius 1 is 1.47 bits per heavy atom. The number of aromatic nitrogens is 1. The van der Waals surface area contributed by atoms with Crippen LogP contribution in [0.25, 0.3) is 10.1 Å². The van der Waals surface area contributed by atoms with Crippen LogP contribution in [0.1, 0.15) is 13.3 Å². The molecule has 0 aliphatic heterocycles. The maximum atomic E-state index is 12.4. The Morgan fingerprint density at radius 3 is 2.84 bits per heavy atom. The minimum absolute atomic E-state index is 0.240. The molecular weight excluding hydrogens is 260 g/mol. The molecule has 1 aromatic carbocycles. The molecule has 0 radical (unpaired) electrons. The Hall–Kier alpha value is -1.88. The summed E-state index contributed by atoms with van der Waals surface area (Å²) in [6.07, 6.45) is 2.52. The molecule has 1 heterocycles. The maximum absolute atomic E-state index is 12.4. The van der Waals surface area contributed by atoms with Crippen LogP contribution in [0.3, 0.4) is 0 Å². The van der Waals surface area contributed by atoms with Crippen LogP contribution in [-0.2, 0) is 0 Å². The summed E-state index contributed by atoms with van der Waals surface area (Å²) >= 11 is 1.19. The van der Waals surface area contributed by atoms with Crippen LogP contribution in [0.5, 0.6) is 0 Å². The summed E-state index contributed by atoms with van der Waals surface area (Å²) in [6, 6.07) is 6.99. The highest BCUT2D eigenvalue weighted by atomic mass is 32.1. The van der Waals surface area contributed by atoms with Crippen LogP contribution in [0.2, 0.25) is 0 Å². The second kappa shape index (κ2) is 5.84. The smallest absolute Gasteiger partial charge is 0.320 e. The molecule has 1 aromatic heterocycles. The Balaban J connectivity index is 2.42. The minimum Gasteiger partial charge on any atom is -0.320 e. The number of nitrogens with zero attached hydrogens (tertiary/aromatic N) is 2. The van der Waals surface area contributed by atoms with Gasteiger partial charge < -0.3 is 4.90 Å². The zero-order chi connectivity index (χ0) is 13.8. The fraction of sp³-hybridized carbons (Fsp3) is 0.286. The van der Waals surface area contributed by atoms with E-state index in [1.165, 1.54) is 15.5 Å². The maximum Gasteiger partial charge on any atom is 0.341 e. The Kier molecular flexibility index (Phi) is 4.16. The Bertz CT molecular complexity index is 657. The lowest BCUT2D eigenvalue weighted by Gasteiger charge is -2.19. The highest BCUT2D eigenvalue weighted by Crippen LogP contribution is 2.16. The highest BCUT2D eigenvalue weighted by molar-refractivity contribution is 7.14. The van der Waals surface area contributed by atoms with Gasteiger partial charge in [-0.15, -0.1) is 6.58 Å². The Morgan fingerprint density at radius 2 is 2.21 bits per heavy atom. The van der Waals surface area contributed by atoms with Crippen LogP contribution in [0, 0.1) is 0 Å². The second-order valence-corrected chi connectivity index (χ2v) is 5.19. The standard InChI is InChI=1S/C14H16N2O2S/c1-3-9-15(10-4-2)14(18)16-13(17)11-7-5-6-8-12(11)19-16/h3,5-8H,1,4,9-10H2,2H3. The largest absolute Gasteiger partial charge is 0.341 e. The third-order valence-corrected chi connectivity index (χ3v) is 3.84. The van der Waals surface area contributed by atoms with Crippen molar-refractivity contribution in [3.8, 4) is 0 Å². The highest BCUT2D eigenvalue weighted by Gasteiger charge is 2.18. The molecule has 5 heteroatoms. The van der Waals surface area contributed by atoms with Crippen LogP contribution in [0.4, 0.5) is 4.79 Å². The van der Waals surface area contributed by atoms with Crippen molar-refractivity contribution < 1.29 is 4.79 Å². The number of hydrogen-bond donors (Lipinski definition) is 0. The monoisotopic (exact) mass is 276 g/mol. The normalized spacial score (nSPS) is 10.6. The zero-order valence-electron chi connectivity index (χ0n) is 10.8. The zero-order valence-corrected chi connectivity index (χ0v) is 11.7. The summed E-state index contributed by atoms with van der Waals surface area (Å²) in [5.41, 5.74) is -0.240. The van der Waals surface area contributed by atoms with Crippen LogP contribution >= 0.6 is 11.5 Å². The summed E-state index contributed by atoms with van der Waals surface area (Å²) in [5.74, 6) is 0. The number of carbonyl (C=O) groups excluding carboxylic acids is 1. The number of amides is 1. The number of hydrogen-bond acceptors (Lipinski definition) is 3. The molecule has 4 nitrogen and oxygen atoms in total. The van der Waals surface area contributed by atoms with Crippen molar-refractivity contribution in [1.82, 2.24) is 8.86 Å². The van der Waals surface area contributed by atoms with Gasteiger partial charge in [0.1, 0.15) is 0 Å². The molecule has 0 aliphatic carbocycles. The first-order valence-corrected chi connectivity index (χ1v) is 6.97. The molecule has 0 saturated carbocycles. The average Bonchev–Trinajstić information content (AvgIpc) is 2.76. The van der Waals surface area contributed by atoms with Crippen molar-refractivity contribution in [3.05, 3.63) is 47.3 Å². The van der Waals surface area contributed by atoms with E-state index in [4.69, 9.17) is 0 Å². The van der Waals surface area contributed by atoms with Gasteiger partial charge >= 0.3 is 6.03 Å². The van der Waals surface area contributed by atoms with E-state index in [1.807, 2.05) is 19.1 Å². The van der Waals surface area contributed by atoms with Gasteiger partial charge in [-0.05, 0) is 30.1 Å². The summed E-state index contributed by atoms with van der Waals surface area (Å²) in [6.45, 7) is 6.71. The number of carbonyl (C=O) groups is 1. The first-order chi connectivity index (χ1) is 9.19. The first kappa shape index (κ1) is 13.5. The second-order valence-electron chi connectivity index (χ2n) is 4.20. The van der Waals surface area contributed by atoms with Gasteiger partial charge in [0.05, 0.1) is 10.1 Å². The molecule has 0 aliphatic rings. The van der Waals surface area contributed by atoms with E-state index in [9.17, 15) is 9.59 Å².